The fraction of sp³-hybridized carbons (Fsp3) is 0.125. The molecule has 0 saturated heterocycles. The lowest BCUT2D eigenvalue weighted by Crippen LogP contribution is -2.24. The van der Waals surface area contributed by atoms with Crippen molar-refractivity contribution in [2.24, 2.45) is 5.10 Å². The van der Waals surface area contributed by atoms with Crippen molar-refractivity contribution in [1.29, 1.82) is 0 Å². The van der Waals surface area contributed by atoms with Crippen molar-refractivity contribution >= 4 is 52.4 Å². The van der Waals surface area contributed by atoms with Gasteiger partial charge in [-0.1, -0.05) is 23.2 Å². The van der Waals surface area contributed by atoms with Gasteiger partial charge in [-0.3, -0.25) is 5.43 Å². The lowest BCUT2D eigenvalue weighted by molar-refractivity contribution is 0.318. The summed E-state index contributed by atoms with van der Waals surface area (Å²) in [5, 5.41) is 18.0. The third-order valence-corrected chi connectivity index (χ3v) is 3.58. The zero-order chi connectivity index (χ0) is 17.5. The number of hydrazone groups is 1. The van der Waals surface area contributed by atoms with Crippen LogP contribution in [-0.2, 0) is 0 Å². The molecule has 0 aromatic heterocycles. The summed E-state index contributed by atoms with van der Waals surface area (Å²) >= 11 is 17.0. The second kappa shape index (κ2) is 8.73. The molecule has 5 nitrogen and oxygen atoms in total. The Morgan fingerprint density at radius 1 is 1.29 bits per heavy atom. The molecule has 3 N–H and O–H groups in total. The van der Waals surface area contributed by atoms with Gasteiger partial charge in [0.25, 0.3) is 0 Å². The first kappa shape index (κ1) is 18.3. The fourth-order valence-corrected chi connectivity index (χ4v) is 2.42. The smallest absolute Gasteiger partial charge is 0.191 e. The van der Waals surface area contributed by atoms with E-state index < -0.39 is 0 Å². The summed E-state index contributed by atoms with van der Waals surface area (Å²) < 4.78 is 5.26. The van der Waals surface area contributed by atoms with Crippen LogP contribution in [0.25, 0.3) is 0 Å². The van der Waals surface area contributed by atoms with Gasteiger partial charge in [0.2, 0.25) is 0 Å². The molecule has 0 aliphatic carbocycles. The number of nitrogens with zero attached hydrogens (tertiary/aromatic N) is 1. The van der Waals surface area contributed by atoms with Gasteiger partial charge in [-0.05, 0) is 61.1 Å². The van der Waals surface area contributed by atoms with Crippen molar-refractivity contribution in [2.75, 3.05) is 11.9 Å². The lowest BCUT2D eigenvalue weighted by Gasteiger charge is -2.09. The number of phenolic OH excluding ortho intramolecular Hbond substituents is 1. The molecule has 0 fully saturated rings. The van der Waals surface area contributed by atoms with Crippen LogP contribution in [0.5, 0.6) is 11.5 Å². The number of nitrogens with one attached hydrogen (secondary N) is 2. The molecule has 24 heavy (non-hydrogen) atoms. The molecule has 2 aromatic carbocycles. The standard InChI is InChI=1S/C16H15Cl2N3O2S/c1-2-23-15-6-3-10(7-14(15)22)9-19-21-16(24)20-13-5-4-11(17)8-12(13)18/h3-9,22H,2H2,1H3,(H2,20,21,24)/b19-9+. The highest BCUT2D eigenvalue weighted by Gasteiger charge is 2.04. The Morgan fingerprint density at radius 2 is 2.08 bits per heavy atom. The molecule has 0 bridgehead atoms. The first-order valence-corrected chi connectivity index (χ1v) is 8.17. The van der Waals surface area contributed by atoms with Crippen molar-refractivity contribution in [3.05, 3.63) is 52.0 Å². The van der Waals surface area contributed by atoms with Gasteiger partial charge in [0, 0.05) is 5.02 Å². The number of rotatable bonds is 5. The van der Waals surface area contributed by atoms with Crippen LogP contribution >= 0.6 is 35.4 Å². The summed E-state index contributed by atoms with van der Waals surface area (Å²) in [5.41, 5.74) is 3.97. The maximum atomic E-state index is 9.81. The van der Waals surface area contributed by atoms with E-state index in [-0.39, 0.29) is 10.9 Å². The van der Waals surface area contributed by atoms with Gasteiger partial charge in [-0.2, -0.15) is 5.10 Å². The SMILES string of the molecule is CCOc1ccc(/C=N/NC(=S)Nc2ccc(Cl)cc2Cl)cc1O. The van der Waals surface area contributed by atoms with E-state index in [9.17, 15) is 5.11 Å². The maximum Gasteiger partial charge on any atom is 0.191 e. The van der Waals surface area contributed by atoms with Crippen LogP contribution in [0.2, 0.25) is 10.0 Å². The molecule has 126 valence electrons. The average Bonchev–Trinajstić information content (AvgIpc) is 2.53. The molecule has 2 aromatic rings. The molecule has 0 aliphatic heterocycles. The van der Waals surface area contributed by atoms with Crippen molar-refractivity contribution in [3.8, 4) is 11.5 Å². The predicted octanol–water partition coefficient (Wildman–Crippen LogP) is 4.42. The van der Waals surface area contributed by atoms with Gasteiger partial charge in [0.1, 0.15) is 0 Å². The number of aromatic hydroxyl groups is 1. The van der Waals surface area contributed by atoms with Crippen LogP contribution in [0.1, 0.15) is 12.5 Å². The molecule has 0 amide bonds. The number of halogens is 2. The van der Waals surface area contributed by atoms with Crippen LogP contribution in [0.15, 0.2) is 41.5 Å². The minimum absolute atomic E-state index is 0.0504. The largest absolute Gasteiger partial charge is 0.504 e. The van der Waals surface area contributed by atoms with Gasteiger partial charge in [-0.15, -0.1) is 0 Å². The summed E-state index contributed by atoms with van der Waals surface area (Å²) in [6, 6.07) is 10.0. The number of ether oxygens (including phenoxy) is 1. The van der Waals surface area contributed by atoms with Gasteiger partial charge >= 0.3 is 0 Å². The van der Waals surface area contributed by atoms with Gasteiger partial charge in [0.15, 0.2) is 16.6 Å². The summed E-state index contributed by atoms with van der Waals surface area (Å²) in [6.45, 7) is 2.33. The Balaban J connectivity index is 1.93. The number of hydrogen-bond acceptors (Lipinski definition) is 4. The van der Waals surface area contributed by atoms with Crippen molar-refractivity contribution in [1.82, 2.24) is 5.43 Å². The Kier molecular flexibility index (Phi) is 6.66. The molecule has 0 heterocycles. The minimum Gasteiger partial charge on any atom is -0.504 e. The molecule has 0 spiro atoms. The number of benzene rings is 2. The second-order valence-electron chi connectivity index (χ2n) is 4.61. The third kappa shape index (κ3) is 5.26. The van der Waals surface area contributed by atoms with E-state index in [1.54, 1.807) is 36.4 Å². The number of anilines is 1. The van der Waals surface area contributed by atoms with E-state index in [2.05, 4.69) is 15.8 Å². The van der Waals surface area contributed by atoms with Crippen LogP contribution in [0.4, 0.5) is 5.69 Å². The van der Waals surface area contributed by atoms with E-state index >= 15 is 0 Å². The monoisotopic (exact) mass is 383 g/mol. The Labute approximate surface area is 155 Å². The first-order valence-electron chi connectivity index (χ1n) is 7.00. The minimum atomic E-state index is 0.0504. The normalized spacial score (nSPS) is 10.6. The molecule has 0 aliphatic rings. The third-order valence-electron chi connectivity index (χ3n) is 2.84. The average molecular weight is 384 g/mol. The van der Waals surface area contributed by atoms with Crippen molar-refractivity contribution < 1.29 is 9.84 Å². The van der Waals surface area contributed by atoms with Crippen LogP contribution in [0, 0.1) is 0 Å². The van der Waals surface area contributed by atoms with Crippen molar-refractivity contribution in [2.45, 2.75) is 6.92 Å². The molecule has 0 unspecified atom stereocenters. The van der Waals surface area contributed by atoms with Crippen LogP contribution in [0.3, 0.4) is 0 Å². The summed E-state index contributed by atoms with van der Waals surface area (Å²) in [5.74, 6) is 0.478. The molecule has 0 atom stereocenters. The van der Waals surface area contributed by atoms with Gasteiger partial charge in [-0.25, -0.2) is 0 Å². The highest BCUT2D eigenvalue weighted by Crippen LogP contribution is 2.26. The summed E-state index contributed by atoms with van der Waals surface area (Å²) in [6.07, 6.45) is 1.52. The maximum absolute atomic E-state index is 9.81. The Bertz CT molecular complexity index is 769. The highest BCUT2D eigenvalue weighted by atomic mass is 35.5. The van der Waals surface area contributed by atoms with Crippen LogP contribution in [-0.4, -0.2) is 23.0 Å². The van der Waals surface area contributed by atoms with E-state index in [1.165, 1.54) is 6.21 Å². The first-order chi connectivity index (χ1) is 11.5. The summed E-state index contributed by atoms with van der Waals surface area (Å²) in [4.78, 5) is 0. The van der Waals surface area contributed by atoms with E-state index in [0.717, 1.165) is 0 Å². The van der Waals surface area contributed by atoms with E-state index in [4.69, 9.17) is 40.2 Å². The molecule has 0 saturated carbocycles. The molecule has 8 heteroatoms. The fourth-order valence-electron chi connectivity index (χ4n) is 1.80. The van der Waals surface area contributed by atoms with Gasteiger partial charge in [0.05, 0.1) is 23.5 Å². The molecule has 0 radical (unpaired) electrons. The number of phenols is 1. The lowest BCUT2D eigenvalue weighted by atomic mass is 10.2. The molecular weight excluding hydrogens is 369 g/mol. The zero-order valence-electron chi connectivity index (χ0n) is 12.7. The van der Waals surface area contributed by atoms with Gasteiger partial charge < -0.3 is 15.2 Å². The van der Waals surface area contributed by atoms with Crippen molar-refractivity contribution in [3.63, 3.8) is 0 Å². The quantitative estimate of drug-likeness (QED) is 0.405. The Hall–Kier alpha value is -2.02. The molecular formula is C16H15Cl2N3O2S. The number of thiocarbonyl (C=S) groups is 1. The van der Waals surface area contributed by atoms with E-state index in [0.29, 0.717) is 33.7 Å². The highest BCUT2D eigenvalue weighted by molar-refractivity contribution is 7.80. The molecule has 2 rings (SSSR count). The second-order valence-corrected chi connectivity index (χ2v) is 5.86. The zero-order valence-corrected chi connectivity index (χ0v) is 15.0. The Morgan fingerprint density at radius 3 is 2.75 bits per heavy atom. The van der Waals surface area contributed by atoms with E-state index in [1.807, 2.05) is 6.92 Å². The topological polar surface area (TPSA) is 65.9 Å². The summed E-state index contributed by atoms with van der Waals surface area (Å²) in [7, 11) is 0. The number of hydrogen-bond donors (Lipinski definition) is 3. The predicted molar refractivity (Wildman–Crippen MR) is 103 cm³/mol. The van der Waals surface area contributed by atoms with Crippen LogP contribution < -0.4 is 15.5 Å².